The molecule has 0 aliphatic carbocycles. The smallest absolute Gasteiger partial charge is 0.237 e. The second kappa shape index (κ2) is 6.60. The summed E-state index contributed by atoms with van der Waals surface area (Å²) in [4.78, 5) is 38.1. The van der Waals surface area contributed by atoms with Crippen molar-refractivity contribution in [2.24, 2.45) is 5.73 Å². The lowest BCUT2D eigenvalue weighted by atomic mass is 9.90. The van der Waals surface area contributed by atoms with Gasteiger partial charge in [0, 0.05) is 20.5 Å². The maximum Gasteiger partial charge on any atom is 0.237 e. The molecule has 1 aromatic carbocycles. The summed E-state index contributed by atoms with van der Waals surface area (Å²) < 4.78 is 0. The molecule has 0 spiro atoms. The molecule has 6 heteroatoms. The van der Waals surface area contributed by atoms with Gasteiger partial charge in [-0.3, -0.25) is 14.4 Å². The summed E-state index contributed by atoms with van der Waals surface area (Å²) in [5.41, 5.74) is 7.29. The lowest BCUT2D eigenvalue weighted by molar-refractivity contribution is -0.138. The molecule has 1 aromatic rings. The molecule has 118 valence electrons. The lowest BCUT2D eigenvalue weighted by Gasteiger charge is -2.37. The molecule has 6 nitrogen and oxygen atoms in total. The molecular weight excluding hydrogens is 282 g/mol. The lowest BCUT2D eigenvalue weighted by Crippen LogP contribution is -2.42. The zero-order valence-corrected chi connectivity index (χ0v) is 12.9. The van der Waals surface area contributed by atoms with Gasteiger partial charge in [-0.15, -0.1) is 0 Å². The van der Waals surface area contributed by atoms with Crippen LogP contribution in [0.1, 0.15) is 30.5 Å². The molecule has 2 rings (SSSR count). The fraction of sp³-hybridized carbons (Fsp3) is 0.438. The van der Waals surface area contributed by atoms with E-state index in [1.165, 1.54) is 11.8 Å². The van der Waals surface area contributed by atoms with Gasteiger partial charge in [0.25, 0.3) is 0 Å². The largest absolute Gasteiger partial charge is 0.368 e. The summed E-state index contributed by atoms with van der Waals surface area (Å²) in [6.45, 7) is 2.00. The third kappa shape index (κ3) is 3.44. The van der Waals surface area contributed by atoms with Crippen LogP contribution in [0.15, 0.2) is 24.3 Å². The number of nitrogens with two attached hydrogens (primary N) is 1. The van der Waals surface area contributed by atoms with Gasteiger partial charge < -0.3 is 15.5 Å². The van der Waals surface area contributed by atoms with Crippen molar-refractivity contribution in [3.63, 3.8) is 0 Å². The zero-order valence-electron chi connectivity index (χ0n) is 12.9. The molecule has 2 N–H and O–H groups in total. The van der Waals surface area contributed by atoms with Crippen molar-refractivity contribution in [2.45, 2.75) is 25.8 Å². The number of carbonyl (C=O) groups is 3. The highest BCUT2D eigenvalue weighted by atomic mass is 16.2. The van der Waals surface area contributed by atoms with Gasteiger partial charge in [0.1, 0.15) is 0 Å². The summed E-state index contributed by atoms with van der Waals surface area (Å²) in [5, 5.41) is 0. The minimum atomic E-state index is -0.552. The number of hydrogen-bond donors (Lipinski definition) is 1. The first kappa shape index (κ1) is 16.0. The van der Waals surface area contributed by atoms with Crippen LogP contribution in [0.4, 0.5) is 0 Å². The normalized spacial score (nSPS) is 16.8. The van der Waals surface area contributed by atoms with E-state index in [1.807, 2.05) is 24.3 Å². The monoisotopic (exact) mass is 303 g/mol. The molecule has 0 unspecified atom stereocenters. The van der Waals surface area contributed by atoms with E-state index in [4.69, 9.17) is 5.73 Å². The highest BCUT2D eigenvalue weighted by molar-refractivity contribution is 5.84. The van der Waals surface area contributed by atoms with Crippen LogP contribution in [-0.2, 0) is 20.8 Å². The number of primary amides is 1. The number of likely N-dealkylation sites (N-methyl/N-ethyl adjacent to an activating group) is 1. The van der Waals surface area contributed by atoms with Crippen LogP contribution in [0.3, 0.4) is 0 Å². The second-order valence-electron chi connectivity index (χ2n) is 5.60. The average molecular weight is 303 g/mol. The molecule has 1 heterocycles. The first-order valence-electron chi connectivity index (χ1n) is 7.27. The van der Waals surface area contributed by atoms with E-state index < -0.39 is 5.91 Å². The van der Waals surface area contributed by atoms with Crippen molar-refractivity contribution >= 4 is 17.7 Å². The van der Waals surface area contributed by atoms with Crippen LogP contribution >= 0.6 is 0 Å². The highest BCUT2D eigenvalue weighted by Crippen LogP contribution is 2.32. The fourth-order valence-electron chi connectivity index (χ4n) is 2.89. The zero-order chi connectivity index (χ0) is 16.3. The van der Waals surface area contributed by atoms with Crippen molar-refractivity contribution in [1.29, 1.82) is 0 Å². The van der Waals surface area contributed by atoms with Gasteiger partial charge in [0.05, 0.1) is 19.0 Å². The van der Waals surface area contributed by atoms with Crippen LogP contribution in [0.25, 0.3) is 0 Å². The van der Waals surface area contributed by atoms with Crippen LogP contribution in [-0.4, -0.2) is 47.7 Å². The summed E-state index contributed by atoms with van der Waals surface area (Å²) in [6.07, 6.45) is 0.942. The van der Waals surface area contributed by atoms with Gasteiger partial charge in [-0.25, -0.2) is 0 Å². The Hall–Kier alpha value is -2.37. The van der Waals surface area contributed by atoms with E-state index in [0.29, 0.717) is 6.54 Å². The molecule has 0 aromatic heterocycles. The Morgan fingerprint density at radius 3 is 2.64 bits per heavy atom. The molecule has 0 bridgehead atoms. The number of amides is 3. The van der Waals surface area contributed by atoms with Crippen LogP contribution in [0.5, 0.6) is 0 Å². The SMILES string of the molecule is CC(=O)N1CCc2ccccc2[C@@H]1CC(=O)N(C)CC(N)=O. The average Bonchev–Trinajstić information content (AvgIpc) is 2.46. The molecular formula is C16H21N3O3. The van der Waals surface area contributed by atoms with Crippen molar-refractivity contribution in [3.8, 4) is 0 Å². The van der Waals surface area contributed by atoms with Crippen molar-refractivity contribution in [2.75, 3.05) is 20.1 Å². The minimum absolute atomic E-state index is 0.0511. The summed E-state index contributed by atoms with van der Waals surface area (Å²) >= 11 is 0. The van der Waals surface area contributed by atoms with E-state index in [9.17, 15) is 14.4 Å². The summed E-state index contributed by atoms with van der Waals surface area (Å²) in [6, 6.07) is 7.56. The number of hydrogen-bond acceptors (Lipinski definition) is 3. The number of fused-ring (bicyclic) bond motifs is 1. The van der Waals surface area contributed by atoms with Crippen molar-refractivity contribution in [1.82, 2.24) is 9.80 Å². The van der Waals surface area contributed by atoms with Gasteiger partial charge in [-0.2, -0.15) is 0 Å². The van der Waals surface area contributed by atoms with Gasteiger partial charge in [-0.1, -0.05) is 24.3 Å². The molecule has 0 saturated carbocycles. The van der Waals surface area contributed by atoms with Crippen LogP contribution in [0.2, 0.25) is 0 Å². The van der Waals surface area contributed by atoms with Gasteiger partial charge >= 0.3 is 0 Å². The molecule has 0 fully saturated rings. The Kier molecular flexibility index (Phi) is 4.80. The Morgan fingerprint density at radius 1 is 1.32 bits per heavy atom. The third-order valence-corrected chi connectivity index (χ3v) is 4.00. The topological polar surface area (TPSA) is 83.7 Å². The number of benzene rings is 1. The molecule has 0 saturated heterocycles. The van der Waals surface area contributed by atoms with Crippen molar-refractivity contribution < 1.29 is 14.4 Å². The number of nitrogens with zero attached hydrogens (tertiary/aromatic N) is 2. The Bertz CT molecular complexity index is 600. The molecule has 22 heavy (non-hydrogen) atoms. The predicted molar refractivity (Wildman–Crippen MR) is 81.7 cm³/mol. The standard InChI is InChI=1S/C16H21N3O3/c1-11(20)19-8-7-12-5-3-4-6-13(12)14(19)9-16(22)18(2)10-15(17)21/h3-6,14H,7-10H2,1-2H3,(H2,17,21)/t14-/m0/s1. The van der Waals surface area contributed by atoms with Crippen LogP contribution < -0.4 is 5.73 Å². The maximum atomic E-state index is 12.3. The fourth-order valence-corrected chi connectivity index (χ4v) is 2.89. The van der Waals surface area contributed by atoms with Gasteiger partial charge in [0.2, 0.25) is 17.7 Å². The molecule has 0 radical (unpaired) electrons. The van der Waals surface area contributed by atoms with E-state index in [1.54, 1.807) is 11.9 Å². The van der Waals surface area contributed by atoms with E-state index >= 15 is 0 Å². The third-order valence-electron chi connectivity index (χ3n) is 4.00. The number of carbonyl (C=O) groups excluding carboxylic acids is 3. The Balaban J connectivity index is 2.23. The molecule has 3 amide bonds. The first-order valence-corrected chi connectivity index (χ1v) is 7.27. The Labute approximate surface area is 129 Å². The minimum Gasteiger partial charge on any atom is -0.368 e. The summed E-state index contributed by atoms with van der Waals surface area (Å²) in [7, 11) is 1.54. The van der Waals surface area contributed by atoms with E-state index in [2.05, 4.69) is 0 Å². The predicted octanol–water partition coefficient (Wildman–Crippen LogP) is 0.466. The van der Waals surface area contributed by atoms with E-state index in [0.717, 1.165) is 17.5 Å². The Morgan fingerprint density at radius 2 is 2.00 bits per heavy atom. The van der Waals surface area contributed by atoms with E-state index in [-0.39, 0.29) is 30.8 Å². The second-order valence-corrected chi connectivity index (χ2v) is 5.60. The summed E-state index contributed by atoms with van der Waals surface area (Å²) in [5.74, 6) is -0.806. The van der Waals surface area contributed by atoms with Gasteiger partial charge in [-0.05, 0) is 17.5 Å². The molecule has 1 aliphatic rings. The highest BCUT2D eigenvalue weighted by Gasteiger charge is 2.31. The molecule has 1 aliphatic heterocycles. The van der Waals surface area contributed by atoms with Crippen LogP contribution in [0, 0.1) is 0 Å². The van der Waals surface area contributed by atoms with Gasteiger partial charge in [0.15, 0.2) is 0 Å². The quantitative estimate of drug-likeness (QED) is 0.877. The maximum absolute atomic E-state index is 12.3. The first-order chi connectivity index (χ1) is 10.4. The van der Waals surface area contributed by atoms with Crippen molar-refractivity contribution in [3.05, 3.63) is 35.4 Å². The number of rotatable bonds is 4. The molecule has 1 atom stereocenters.